The number of benzene rings is 2. The molecule has 0 saturated carbocycles. The average molecular weight is 373 g/mol. The van der Waals surface area contributed by atoms with Crippen molar-refractivity contribution in [2.24, 2.45) is 4.99 Å². The molecule has 0 aliphatic rings. The van der Waals surface area contributed by atoms with Crippen LogP contribution in [0.3, 0.4) is 0 Å². The van der Waals surface area contributed by atoms with Crippen LogP contribution in [0.25, 0.3) is 0 Å². The van der Waals surface area contributed by atoms with Crippen molar-refractivity contribution < 1.29 is 4.79 Å². The van der Waals surface area contributed by atoms with E-state index in [2.05, 4.69) is 20.9 Å². The summed E-state index contributed by atoms with van der Waals surface area (Å²) in [6, 6.07) is 15.6. The maximum Gasteiger partial charge on any atom is 0.221 e. The second-order valence-corrected chi connectivity index (χ2v) is 6.32. The van der Waals surface area contributed by atoms with Crippen molar-refractivity contribution >= 4 is 29.2 Å². The van der Waals surface area contributed by atoms with E-state index in [9.17, 15) is 4.79 Å². The monoisotopic (exact) mass is 372 g/mol. The zero-order chi connectivity index (χ0) is 18.8. The lowest BCUT2D eigenvalue weighted by atomic mass is 10.1. The standard InChI is InChI=1S/C20H25ClN4O/c1-3-22-20(23-12-11-16-7-9-18(21)10-8-16)24-14-17-5-4-6-19(13-17)25-15(2)26/h4-10,13H,3,11-12,14H2,1-2H3,(H,25,26)(H2,22,23,24). The number of aliphatic imine (C=N–C) groups is 1. The lowest BCUT2D eigenvalue weighted by Crippen LogP contribution is -2.38. The minimum Gasteiger partial charge on any atom is -0.357 e. The van der Waals surface area contributed by atoms with Crippen molar-refractivity contribution in [2.45, 2.75) is 26.8 Å². The highest BCUT2D eigenvalue weighted by molar-refractivity contribution is 6.30. The van der Waals surface area contributed by atoms with Crippen LogP contribution in [-0.4, -0.2) is 25.0 Å². The molecule has 0 aromatic heterocycles. The molecule has 0 saturated heterocycles. The van der Waals surface area contributed by atoms with Gasteiger partial charge in [-0.3, -0.25) is 4.79 Å². The van der Waals surface area contributed by atoms with Crippen LogP contribution in [0, 0.1) is 0 Å². The minimum absolute atomic E-state index is 0.0807. The van der Waals surface area contributed by atoms with Gasteiger partial charge in [-0.25, -0.2) is 4.99 Å². The second-order valence-electron chi connectivity index (χ2n) is 5.88. The summed E-state index contributed by atoms with van der Waals surface area (Å²) in [5.41, 5.74) is 3.04. The van der Waals surface area contributed by atoms with Gasteiger partial charge in [0, 0.05) is 30.7 Å². The van der Waals surface area contributed by atoms with E-state index in [1.54, 1.807) is 0 Å². The number of halogens is 1. The molecule has 2 aromatic carbocycles. The van der Waals surface area contributed by atoms with Gasteiger partial charge in [0.2, 0.25) is 5.91 Å². The number of carbonyl (C=O) groups excluding carboxylic acids is 1. The van der Waals surface area contributed by atoms with Crippen LogP contribution in [0.2, 0.25) is 5.02 Å². The Morgan fingerprint density at radius 3 is 2.54 bits per heavy atom. The van der Waals surface area contributed by atoms with Crippen molar-refractivity contribution in [3.63, 3.8) is 0 Å². The Hall–Kier alpha value is -2.53. The smallest absolute Gasteiger partial charge is 0.221 e. The first kappa shape index (κ1) is 19.8. The largest absolute Gasteiger partial charge is 0.357 e. The van der Waals surface area contributed by atoms with E-state index < -0.39 is 0 Å². The number of carbonyl (C=O) groups is 1. The number of nitrogens with one attached hydrogen (secondary N) is 3. The van der Waals surface area contributed by atoms with Gasteiger partial charge in [-0.2, -0.15) is 0 Å². The Kier molecular flexibility index (Phi) is 7.96. The molecule has 2 rings (SSSR count). The lowest BCUT2D eigenvalue weighted by Gasteiger charge is -2.12. The number of anilines is 1. The normalized spacial score (nSPS) is 11.1. The SMILES string of the molecule is CCNC(=NCc1cccc(NC(C)=O)c1)NCCc1ccc(Cl)cc1. The Morgan fingerprint density at radius 1 is 1.08 bits per heavy atom. The molecule has 0 spiro atoms. The van der Waals surface area contributed by atoms with Gasteiger partial charge in [-0.1, -0.05) is 35.9 Å². The van der Waals surface area contributed by atoms with Crippen LogP contribution in [-0.2, 0) is 17.8 Å². The zero-order valence-corrected chi connectivity index (χ0v) is 15.9. The average Bonchev–Trinajstić information content (AvgIpc) is 2.61. The lowest BCUT2D eigenvalue weighted by molar-refractivity contribution is -0.114. The number of hydrogen-bond donors (Lipinski definition) is 3. The second kappa shape index (κ2) is 10.5. The predicted octanol–water partition coefficient (Wildman–Crippen LogP) is 3.60. The van der Waals surface area contributed by atoms with E-state index in [1.165, 1.54) is 12.5 Å². The highest BCUT2D eigenvalue weighted by Gasteiger charge is 2.01. The van der Waals surface area contributed by atoms with Crippen molar-refractivity contribution in [1.29, 1.82) is 0 Å². The van der Waals surface area contributed by atoms with Crippen molar-refractivity contribution in [3.05, 3.63) is 64.7 Å². The Labute approximate surface area is 159 Å². The van der Waals surface area contributed by atoms with Crippen molar-refractivity contribution in [1.82, 2.24) is 10.6 Å². The van der Waals surface area contributed by atoms with Gasteiger partial charge in [0.05, 0.1) is 6.54 Å². The Bertz CT molecular complexity index is 744. The first-order chi connectivity index (χ1) is 12.6. The molecule has 1 amide bonds. The molecule has 0 fully saturated rings. The summed E-state index contributed by atoms with van der Waals surface area (Å²) in [5, 5.41) is 10.1. The van der Waals surface area contributed by atoms with Gasteiger partial charge < -0.3 is 16.0 Å². The summed E-state index contributed by atoms with van der Waals surface area (Å²) in [6.07, 6.45) is 0.888. The number of hydrogen-bond acceptors (Lipinski definition) is 2. The van der Waals surface area contributed by atoms with Crippen LogP contribution in [0.4, 0.5) is 5.69 Å². The summed E-state index contributed by atoms with van der Waals surface area (Å²) in [7, 11) is 0. The third-order valence-corrected chi connectivity index (χ3v) is 3.88. The number of nitrogens with zero attached hydrogens (tertiary/aromatic N) is 1. The molecule has 5 nitrogen and oxygen atoms in total. The maximum absolute atomic E-state index is 11.2. The molecule has 6 heteroatoms. The van der Waals surface area contributed by atoms with E-state index >= 15 is 0 Å². The number of amides is 1. The van der Waals surface area contributed by atoms with Gasteiger partial charge in [-0.05, 0) is 48.7 Å². The fraction of sp³-hybridized carbons (Fsp3) is 0.300. The van der Waals surface area contributed by atoms with Gasteiger partial charge in [0.25, 0.3) is 0 Å². The molecule has 0 atom stereocenters. The van der Waals surface area contributed by atoms with Crippen molar-refractivity contribution in [2.75, 3.05) is 18.4 Å². The van der Waals surface area contributed by atoms with Crippen LogP contribution in [0.15, 0.2) is 53.5 Å². The maximum atomic E-state index is 11.2. The molecule has 2 aromatic rings. The molecular weight excluding hydrogens is 348 g/mol. The molecule has 0 aliphatic carbocycles. The highest BCUT2D eigenvalue weighted by Crippen LogP contribution is 2.12. The first-order valence-corrected chi connectivity index (χ1v) is 9.07. The first-order valence-electron chi connectivity index (χ1n) is 8.70. The molecule has 0 bridgehead atoms. The number of guanidine groups is 1. The van der Waals surface area contributed by atoms with Gasteiger partial charge >= 0.3 is 0 Å². The third kappa shape index (κ3) is 7.15. The van der Waals surface area contributed by atoms with Crippen molar-refractivity contribution in [3.8, 4) is 0 Å². The quantitative estimate of drug-likeness (QED) is 0.514. The van der Waals surface area contributed by atoms with Gasteiger partial charge in [0.15, 0.2) is 5.96 Å². The van der Waals surface area contributed by atoms with Crippen LogP contribution < -0.4 is 16.0 Å². The molecule has 138 valence electrons. The summed E-state index contributed by atoms with van der Waals surface area (Å²) in [5.74, 6) is 0.689. The fourth-order valence-corrected chi connectivity index (χ4v) is 2.57. The predicted molar refractivity (Wildman–Crippen MR) is 109 cm³/mol. The van der Waals surface area contributed by atoms with Gasteiger partial charge in [0.1, 0.15) is 0 Å². The summed E-state index contributed by atoms with van der Waals surface area (Å²) >= 11 is 5.91. The van der Waals surface area contributed by atoms with Crippen LogP contribution in [0.1, 0.15) is 25.0 Å². The summed E-state index contributed by atoms with van der Waals surface area (Å²) < 4.78 is 0. The Morgan fingerprint density at radius 2 is 1.85 bits per heavy atom. The van der Waals surface area contributed by atoms with Crippen LogP contribution in [0.5, 0.6) is 0 Å². The third-order valence-electron chi connectivity index (χ3n) is 3.63. The van der Waals surface area contributed by atoms with Crippen LogP contribution >= 0.6 is 11.6 Å². The molecular formula is C20H25ClN4O. The van der Waals surface area contributed by atoms with E-state index in [-0.39, 0.29) is 5.91 Å². The van der Waals surface area contributed by atoms with Gasteiger partial charge in [-0.15, -0.1) is 0 Å². The zero-order valence-electron chi connectivity index (χ0n) is 15.2. The summed E-state index contributed by atoms with van der Waals surface area (Å²) in [6.45, 7) is 5.63. The van der Waals surface area contributed by atoms with E-state index in [1.807, 2.05) is 55.5 Å². The van der Waals surface area contributed by atoms with E-state index in [0.717, 1.165) is 41.7 Å². The molecule has 0 radical (unpaired) electrons. The molecule has 3 N–H and O–H groups in total. The highest BCUT2D eigenvalue weighted by atomic mass is 35.5. The number of rotatable bonds is 7. The topological polar surface area (TPSA) is 65.5 Å². The fourth-order valence-electron chi connectivity index (χ4n) is 2.44. The Balaban J connectivity index is 1.91. The van der Waals surface area contributed by atoms with E-state index in [0.29, 0.717) is 6.54 Å². The molecule has 0 aliphatic heterocycles. The minimum atomic E-state index is -0.0807. The molecule has 0 unspecified atom stereocenters. The van der Waals surface area contributed by atoms with E-state index in [4.69, 9.17) is 11.6 Å². The summed E-state index contributed by atoms with van der Waals surface area (Å²) in [4.78, 5) is 15.8. The molecule has 0 heterocycles. The molecule has 26 heavy (non-hydrogen) atoms.